The third-order valence-electron chi connectivity index (χ3n) is 3.05. The van der Waals surface area contributed by atoms with Crippen LogP contribution in [0.3, 0.4) is 0 Å². The first-order valence-electron chi connectivity index (χ1n) is 6.82. The molecule has 0 radical (unpaired) electrons. The van der Waals surface area contributed by atoms with E-state index in [1.165, 1.54) is 6.07 Å². The first kappa shape index (κ1) is 14.3. The van der Waals surface area contributed by atoms with E-state index < -0.39 is 11.6 Å². The molecule has 4 nitrogen and oxygen atoms in total. The third-order valence-corrected chi connectivity index (χ3v) is 3.05. The molecule has 2 aromatic carbocycles. The minimum Gasteiger partial charge on any atom is -0.488 e. The number of nitrogens with zero attached hydrogens (tertiary/aromatic N) is 1. The van der Waals surface area contributed by atoms with Crippen LogP contribution in [0, 0.1) is 11.6 Å². The van der Waals surface area contributed by atoms with E-state index in [4.69, 9.17) is 9.15 Å². The number of nitrogens with one attached hydrogen (secondary N) is 1. The molecule has 114 valence electrons. The number of rotatable bonds is 5. The zero-order valence-electron chi connectivity index (χ0n) is 11.8. The molecule has 1 unspecified atom stereocenters. The van der Waals surface area contributed by atoms with E-state index in [9.17, 15) is 8.78 Å². The first-order valence-corrected chi connectivity index (χ1v) is 6.82. The van der Waals surface area contributed by atoms with E-state index in [1.807, 2.05) is 31.2 Å². The number of halogens is 2. The van der Waals surface area contributed by atoms with Gasteiger partial charge < -0.3 is 14.5 Å². The second-order valence-electron chi connectivity index (χ2n) is 4.92. The van der Waals surface area contributed by atoms with Crippen molar-refractivity contribution in [2.75, 3.05) is 11.9 Å². The molecule has 0 saturated heterocycles. The summed E-state index contributed by atoms with van der Waals surface area (Å²) in [6, 6.07) is 10.8. The van der Waals surface area contributed by atoms with E-state index in [-0.39, 0.29) is 18.4 Å². The lowest BCUT2D eigenvalue weighted by Gasteiger charge is -2.13. The molecule has 0 aliphatic rings. The molecular formula is C16H14F2N2O2. The van der Waals surface area contributed by atoms with Crippen molar-refractivity contribution in [1.82, 2.24) is 4.98 Å². The molecule has 0 fully saturated rings. The summed E-state index contributed by atoms with van der Waals surface area (Å²) in [5.41, 5.74) is 1.44. The number of para-hydroxylation sites is 2. The average molecular weight is 304 g/mol. The smallest absolute Gasteiger partial charge is 0.296 e. The van der Waals surface area contributed by atoms with Crippen molar-refractivity contribution in [2.24, 2.45) is 0 Å². The van der Waals surface area contributed by atoms with Crippen LogP contribution in [0.15, 0.2) is 46.9 Å². The second kappa shape index (κ2) is 6.01. The fourth-order valence-electron chi connectivity index (χ4n) is 1.99. The number of anilines is 1. The van der Waals surface area contributed by atoms with E-state index >= 15 is 0 Å². The normalized spacial score (nSPS) is 12.3. The lowest BCUT2D eigenvalue weighted by Crippen LogP contribution is -2.23. The van der Waals surface area contributed by atoms with E-state index in [2.05, 4.69) is 10.3 Å². The second-order valence-corrected chi connectivity index (χ2v) is 4.92. The van der Waals surface area contributed by atoms with Crippen molar-refractivity contribution < 1.29 is 17.9 Å². The monoisotopic (exact) mass is 304 g/mol. The van der Waals surface area contributed by atoms with Gasteiger partial charge in [0.15, 0.2) is 17.1 Å². The first-order chi connectivity index (χ1) is 10.6. The number of fused-ring (bicyclic) bond motifs is 1. The predicted octanol–water partition coefficient (Wildman–Crippen LogP) is 3.99. The fraction of sp³-hybridized carbons (Fsp3) is 0.188. The number of oxazole rings is 1. The maximum Gasteiger partial charge on any atom is 0.296 e. The van der Waals surface area contributed by atoms with Crippen molar-refractivity contribution >= 4 is 17.1 Å². The minimum absolute atomic E-state index is 0.00705. The average Bonchev–Trinajstić information content (AvgIpc) is 2.88. The van der Waals surface area contributed by atoms with Crippen LogP contribution in [-0.2, 0) is 0 Å². The van der Waals surface area contributed by atoms with Gasteiger partial charge in [0.05, 0.1) is 6.04 Å². The van der Waals surface area contributed by atoms with Gasteiger partial charge in [-0.1, -0.05) is 12.1 Å². The molecule has 1 atom stereocenters. The molecule has 3 aromatic rings. The van der Waals surface area contributed by atoms with Crippen molar-refractivity contribution in [3.05, 3.63) is 54.1 Å². The van der Waals surface area contributed by atoms with Crippen molar-refractivity contribution in [3.63, 3.8) is 0 Å². The Labute approximate surface area is 125 Å². The van der Waals surface area contributed by atoms with Crippen molar-refractivity contribution in [3.8, 4) is 5.75 Å². The number of hydrogen-bond donors (Lipinski definition) is 1. The van der Waals surface area contributed by atoms with Crippen LogP contribution >= 0.6 is 0 Å². The van der Waals surface area contributed by atoms with Gasteiger partial charge in [0.2, 0.25) is 0 Å². The summed E-state index contributed by atoms with van der Waals surface area (Å²) in [6.07, 6.45) is 0. The number of aromatic nitrogens is 1. The van der Waals surface area contributed by atoms with Gasteiger partial charge in [-0.3, -0.25) is 0 Å². The van der Waals surface area contributed by atoms with E-state index in [1.54, 1.807) is 0 Å². The molecule has 22 heavy (non-hydrogen) atoms. The molecule has 1 aromatic heterocycles. The Balaban J connectivity index is 1.61. The minimum atomic E-state index is -0.728. The largest absolute Gasteiger partial charge is 0.488 e. The molecule has 0 saturated carbocycles. The fourth-order valence-corrected chi connectivity index (χ4v) is 1.99. The molecule has 1 N–H and O–H groups in total. The summed E-state index contributed by atoms with van der Waals surface area (Å²) in [4.78, 5) is 4.28. The number of hydrogen-bond acceptors (Lipinski definition) is 4. The van der Waals surface area contributed by atoms with Crippen molar-refractivity contribution in [1.29, 1.82) is 0 Å². The summed E-state index contributed by atoms with van der Waals surface area (Å²) < 4.78 is 37.1. The molecule has 0 aliphatic carbocycles. The Kier molecular flexibility index (Phi) is 3.91. The number of benzene rings is 2. The molecular weight excluding hydrogens is 290 g/mol. The summed E-state index contributed by atoms with van der Waals surface area (Å²) in [5.74, 6) is -1.36. The van der Waals surface area contributed by atoms with Crippen LogP contribution in [0.5, 0.6) is 5.75 Å². The summed E-state index contributed by atoms with van der Waals surface area (Å²) in [5, 5.41) is 3.03. The maximum atomic E-state index is 13.5. The highest BCUT2D eigenvalue weighted by Crippen LogP contribution is 2.20. The topological polar surface area (TPSA) is 47.3 Å². The molecule has 0 spiro atoms. The molecule has 0 amide bonds. The summed E-state index contributed by atoms with van der Waals surface area (Å²) in [7, 11) is 0. The highest BCUT2D eigenvalue weighted by Gasteiger charge is 2.11. The van der Waals surface area contributed by atoms with Crippen LogP contribution in [0.2, 0.25) is 0 Å². The molecule has 6 heteroatoms. The zero-order valence-corrected chi connectivity index (χ0v) is 11.8. The van der Waals surface area contributed by atoms with Gasteiger partial charge >= 0.3 is 0 Å². The van der Waals surface area contributed by atoms with Crippen LogP contribution in [0.4, 0.5) is 14.8 Å². The lowest BCUT2D eigenvalue weighted by atomic mass is 10.3. The zero-order chi connectivity index (χ0) is 15.5. The highest BCUT2D eigenvalue weighted by atomic mass is 19.1. The molecule has 3 rings (SSSR count). The van der Waals surface area contributed by atoms with Gasteiger partial charge in [0.25, 0.3) is 6.01 Å². The summed E-state index contributed by atoms with van der Waals surface area (Å²) in [6.45, 7) is 2.03. The van der Waals surface area contributed by atoms with Gasteiger partial charge in [0.1, 0.15) is 17.9 Å². The Bertz CT molecular complexity index is 756. The summed E-state index contributed by atoms with van der Waals surface area (Å²) >= 11 is 0. The van der Waals surface area contributed by atoms with Gasteiger partial charge in [-0.2, -0.15) is 4.98 Å². The SMILES string of the molecule is CC(COc1ccc(F)cc1F)Nc1nc2ccccc2o1. The molecule has 1 heterocycles. The lowest BCUT2D eigenvalue weighted by molar-refractivity contribution is 0.287. The van der Waals surface area contributed by atoms with Gasteiger partial charge in [0, 0.05) is 6.07 Å². The van der Waals surface area contributed by atoms with Crippen LogP contribution in [-0.4, -0.2) is 17.6 Å². The standard InChI is InChI=1S/C16H14F2N2O2/c1-10(9-21-14-7-6-11(17)8-12(14)18)19-16-20-13-4-2-3-5-15(13)22-16/h2-8,10H,9H2,1H3,(H,19,20). The third kappa shape index (κ3) is 3.16. The Morgan fingerprint density at radius 2 is 2.05 bits per heavy atom. The predicted molar refractivity (Wildman–Crippen MR) is 78.9 cm³/mol. The van der Waals surface area contributed by atoms with E-state index in [0.29, 0.717) is 11.6 Å². The van der Waals surface area contributed by atoms with E-state index in [0.717, 1.165) is 17.6 Å². The number of ether oxygens (including phenoxy) is 1. The maximum absolute atomic E-state index is 13.5. The van der Waals surface area contributed by atoms with Crippen LogP contribution in [0.25, 0.3) is 11.1 Å². The van der Waals surface area contributed by atoms with Crippen LogP contribution in [0.1, 0.15) is 6.92 Å². The highest BCUT2D eigenvalue weighted by molar-refractivity contribution is 5.74. The Morgan fingerprint density at radius 3 is 2.82 bits per heavy atom. The van der Waals surface area contributed by atoms with Gasteiger partial charge in [-0.05, 0) is 31.2 Å². The molecule has 0 aliphatic heterocycles. The Hall–Kier alpha value is -2.63. The van der Waals surface area contributed by atoms with Gasteiger partial charge in [-0.15, -0.1) is 0 Å². The Morgan fingerprint density at radius 1 is 1.23 bits per heavy atom. The molecule has 0 bridgehead atoms. The van der Waals surface area contributed by atoms with Crippen molar-refractivity contribution in [2.45, 2.75) is 13.0 Å². The quantitative estimate of drug-likeness (QED) is 0.774. The van der Waals surface area contributed by atoms with Gasteiger partial charge in [-0.25, -0.2) is 8.78 Å². The van der Waals surface area contributed by atoms with Crippen LogP contribution < -0.4 is 10.1 Å².